The highest BCUT2D eigenvalue weighted by molar-refractivity contribution is 6.30. The molecule has 98 valence electrons. The number of rotatable bonds is 4. The molecule has 2 atom stereocenters. The summed E-state index contributed by atoms with van der Waals surface area (Å²) in [6, 6.07) is 1.23. The summed E-state index contributed by atoms with van der Waals surface area (Å²) in [6.07, 6.45) is 1.34. The first kappa shape index (κ1) is 13.0. The van der Waals surface area contributed by atoms with E-state index >= 15 is 0 Å². The molecule has 0 bridgehead atoms. The summed E-state index contributed by atoms with van der Waals surface area (Å²) < 4.78 is 5.27. The molecule has 0 spiro atoms. The zero-order valence-corrected chi connectivity index (χ0v) is 10.5. The summed E-state index contributed by atoms with van der Waals surface area (Å²) >= 11 is 5.70. The third kappa shape index (κ3) is 2.69. The van der Waals surface area contributed by atoms with Gasteiger partial charge in [0.15, 0.2) is 0 Å². The van der Waals surface area contributed by atoms with Crippen LogP contribution in [-0.4, -0.2) is 42.3 Å². The first-order valence-corrected chi connectivity index (χ1v) is 5.79. The number of nitro groups is 1. The van der Waals surface area contributed by atoms with Gasteiger partial charge in [-0.05, 0) is 0 Å². The second kappa shape index (κ2) is 5.47. The van der Waals surface area contributed by atoms with Crippen molar-refractivity contribution in [3.63, 3.8) is 0 Å². The highest BCUT2D eigenvalue weighted by atomic mass is 35.5. The van der Waals surface area contributed by atoms with Crippen LogP contribution in [0.15, 0.2) is 12.3 Å². The molecule has 2 N–H and O–H groups in total. The van der Waals surface area contributed by atoms with Gasteiger partial charge >= 0.3 is 5.69 Å². The van der Waals surface area contributed by atoms with Gasteiger partial charge < -0.3 is 15.4 Å². The average Bonchev–Trinajstić information content (AvgIpc) is 2.78. The van der Waals surface area contributed by atoms with Gasteiger partial charge in [0.1, 0.15) is 0 Å². The highest BCUT2D eigenvalue weighted by Gasteiger charge is 2.29. The molecule has 1 saturated heterocycles. The fourth-order valence-electron chi connectivity index (χ4n) is 1.90. The summed E-state index contributed by atoms with van der Waals surface area (Å²) in [5.41, 5.74) is -0.135. The van der Waals surface area contributed by atoms with Crippen LogP contribution in [0.5, 0.6) is 0 Å². The first-order chi connectivity index (χ1) is 8.61. The molecule has 0 aliphatic carbocycles. The molecule has 2 rings (SSSR count). The molecule has 18 heavy (non-hydrogen) atoms. The summed E-state index contributed by atoms with van der Waals surface area (Å²) in [4.78, 5) is 14.4. The average molecular weight is 273 g/mol. The van der Waals surface area contributed by atoms with Gasteiger partial charge in [0.25, 0.3) is 0 Å². The normalized spacial score (nSPS) is 23.0. The number of hydrogen-bond donors (Lipinski definition) is 2. The van der Waals surface area contributed by atoms with E-state index in [1.165, 1.54) is 12.3 Å². The van der Waals surface area contributed by atoms with Crippen LogP contribution >= 0.6 is 11.6 Å². The van der Waals surface area contributed by atoms with E-state index in [0.29, 0.717) is 13.1 Å². The van der Waals surface area contributed by atoms with Gasteiger partial charge in [0, 0.05) is 32.5 Å². The Morgan fingerprint density at radius 1 is 1.67 bits per heavy atom. The number of ether oxygens (including phenoxy) is 1. The number of nitrogens with zero attached hydrogens (tertiary/aromatic N) is 2. The lowest BCUT2D eigenvalue weighted by atomic mass is 10.2. The lowest BCUT2D eigenvalue weighted by Gasteiger charge is -2.18. The van der Waals surface area contributed by atoms with Gasteiger partial charge in [0.05, 0.1) is 22.1 Å². The van der Waals surface area contributed by atoms with Crippen LogP contribution in [0.4, 0.5) is 11.5 Å². The van der Waals surface area contributed by atoms with Crippen LogP contribution in [0.1, 0.15) is 0 Å². The number of halogens is 1. The summed E-state index contributed by atoms with van der Waals surface area (Å²) in [7, 11) is 1.61. The van der Waals surface area contributed by atoms with Crippen LogP contribution < -0.4 is 10.6 Å². The number of pyridine rings is 1. The van der Waals surface area contributed by atoms with E-state index in [9.17, 15) is 10.1 Å². The molecule has 2 heterocycles. The molecule has 0 amide bonds. The number of nitrogens with one attached hydrogen (secondary N) is 2. The number of methoxy groups -OCH3 is 1. The predicted molar refractivity (Wildman–Crippen MR) is 67.0 cm³/mol. The number of anilines is 1. The van der Waals surface area contributed by atoms with E-state index in [2.05, 4.69) is 15.6 Å². The van der Waals surface area contributed by atoms with Crippen LogP contribution in [0.2, 0.25) is 5.02 Å². The van der Waals surface area contributed by atoms with E-state index in [4.69, 9.17) is 16.3 Å². The monoisotopic (exact) mass is 272 g/mol. The predicted octanol–water partition coefficient (Wildman–Crippen LogP) is 1.04. The lowest BCUT2D eigenvalue weighted by Crippen LogP contribution is -2.34. The van der Waals surface area contributed by atoms with Crippen LogP contribution in [0.25, 0.3) is 0 Å². The largest absolute Gasteiger partial charge is 0.378 e. The minimum atomic E-state index is -0.509. The maximum Gasteiger partial charge on any atom is 0.312 e. The van der Waals surface area contributed by atoms with Crippen molar-refractivity contribution < 1.29 is 9.66 Å². The zero-order valence-electron chi connectivity index (χ0n) is 9.72. The minimum absolute atomic E-state index is 0.0397. The Bertz CT molecular complexity index is 457. The summed E-state index contributed by atoms with van der Waals surface area (Å²) in [5, 5.41) is 17.3. The molecule has 1 aromatic rings. The van der Waals surface area contributed by atoms with Crippen molar-refractivity contribution >= 4 is 23.1 Å². The zero-order chi connectivity index (χ0) is 13.1. The molecule has 1 aliphatic rings. The molecule has 1 unspecified atom stereocenters. The van der Waals surface area contributed by atoms with Gasteiger partial charge in [-0.3, -0.25) is 10.1 Å². The Balaban J connectivity index is 2.20. The topological polar surface area (TPSA) is 89.3 Å². The molecule has 0 saturated carbocycles. The Morgan fingerprint density at radius 3 is 3.11 bits per heavy atom. The van der Waals surface area contributed by atoms with Gasteiger partial charge in [-0.1, -0.05) is 11.6 Å². The van der Waals surface area contributed by atoms with E-state index < -0.39 is 4.92 Å². The first-order valence-electron chi connectivity index (χ1n) is 5.42. The van der Waals surface area contributed by atoms with Gasteiger partial charge in [-0.15, -0.1) is 0 Å². The third-order valence-corrected chi connectivity index (χ3v) is 3.02. The van der Waals surface area contributed by atoms with E-state index in [0.717, 1.165) is 0 Å². The molecule has 0 radical (unpaired) electrons. The third-order valence-electron chi connectivity index (χ3n) is 2.81. The van der Waals surface area contributed by atoms with Crippen molar-refractivity contribution in [3.8, 4) is 0 Å². The maximum absolute atomic E-state index is 10.9. The van der Waals surface area contributed by atoms with Crippen LogP contribution in [-0.2, 0) is 4.74 Å². The summed E-state index contributed by atoms with van der Waals surface area (Å²) in [6.45, 7) is 1.37. The van der Waals surface area contributed by atoms with Crippen molar-refractivity contribution in [2.24, 2.45) is 0 Å². The van der Waals surface area contributed by atoms with Gasteiger partial charge in [0.2, 0.25) is 5.82 Å². The smallest absolute Gasteiger partial charge is 0.312 e. The molecule has 0 aromatic carbocycles. The van der Waals surface area contributed by atoms with Crippen molar-refractivity contribution in [3.05, 3.63) is 27.4 Å². The Labute approximate surface area is 109 Å². The number of aromatic nitrogens is 1. The Morgan fingerprint density at radius 2 is 2.44 bits per heavy atom. The maximum atomic E-state index is 10.9. The SMILES string of the molecule is CO[C@H]1CNCC1Nc1ncc(Cl)cc1[N+](=O)[O-]. The minimum Gasteiger partial charge on any atom is -0.378 e. The fourth-order valence-corrected chi connectivity index (χ4v) is 2.05. The standard InChI is InChI=1S/C10H13ClN4O3/c1-18-9-5-12-4-7(9)14-10-8(15(16)17)2-6(11)3-13-10/h2-3,7,9,12H,4-5H2,1H3,(H,13,14)/t7?,9-/m0/s1. The van der Waals surface area contributed by atoms with Crippen LogP contribution in [0.3, 0.4) is 0 Å². The lowest BCUT2D eigenvalue weighted by molar-refractivity contribution is -0.384. The fraction of sp³-hybridized carbons (Fsp3) is 0.500. The molecular formula is C10H13ClN4O3. The van der Waals surface area contributed by atoms with E-state index in [1.807, 2.05) is 0 Å². The van der Waals surface area contributed by atoms with Gasteiger partial charge in [-0.2, -0.15) is 0 Å². The van der Waals surface area contributed by atoms with E-state index in [-0.39, 0.29) is 28.7 Å². The van der Waals surface area contributed by atoms with E-state index in [1.54, 1.807) is 7.11 Å². The molecule has 7 nitrogen and oxygen atoms in total. The second-order valence-corrected chi connectivity index (χ2v) is 4.40. The molecule has 1 aromatic heterocycles. The van der Waals surface area contributed by atoms with Crippen molar-refractivity contribution in [2.45, 2.75) is 12.1 Å². The van der Waals surface area contributed by atoms with Crippen LogP contribution in [0, 0.1) is 10.1 Å². The van der Waals surface area contributed by atoms with Crippen molar-refractivity contribution in [2.75, 3.05) is 25.5 Å². The molecular weight excluding hydrogens is 260 g/mol. The molecule has 1 fully saturated rings. The van der Waals surface area contributed by atoms with Crippen molar-refractivity contribution in [1.82, 2.24) is 10.3 Å². The van der Waals surface area contributed by atoms with Gasteiger partial charge in [-0.25, -0.2) is 4.98 Å². The van der Waals surface area contributed by atoms with Crippen molar-refractivity contribution in [1.29, 1.82) is 0 Å². The Kier molecular flexibility index (Phi) is 3.95. The highest BCUT2D eigenvalue weighted by Crippen LogP contribution is 2.26. The quantitative estimate of drug-likeness (QED) is 0.629. The number of hydrogen-bond acceptors (Lipinski definition) is 6. The molecule has 8 heteroatoms. The second-order valence-electron chi connectivity index (χ2n) is 3.96. The molecule has 1 aliphatic heterocycles. The Hall–Kier alpha value is -1.44. The summed E-state index contributed by atoms with van der Waals surface area (Å²) in [5.74, 6) is 0.208.